The van der Waals surface area contributed by atoms with Crippen molar-refractivity contribution in [3.63, 3.8) is 0 Å². The Labute approximate surface area is 144 Å². The maximum atomic E-state index is 13.0. The summed E-state index contributed by atoms with van der Waals surface area (Å²) in [6.07, 6.45) is 7.30. The molecule has 0 spiro atoms. The highest BCUT2D eigenvalue weighted by Gasteiger charge is 2.34. The van der Waals surface area contributed by atoms with Gasteiger partial charge in [-0.15, -0.1) is 0 Å². The average Bonchev–Trinajstić information content (AvgIpc) is 2.61. The molecule has 0 heterocycles. The van der Waals surface area contributed by atoms with E-state index in [0.717, 1.165) is 12.8 Å². The molecular weight excluding hydrogens is 296 g/mol. The first-order chi connectivity index (χ1) is 11.1. The molecule has 0 radical (unpaired) electrons. The van der Waals surface area contributed by atoms with Crippen molar-refractivity contribution in [2.24, 2.45) is 0 Å². The zero-order chi connectivity index (χ0) is 17.1. The summed E-state index contributed by atoms with van der Waals surface area (Å²) in [5.41, 5.74) is 1.27. The van der Waals surface area contributed by atoms with Gasteiger partial charge in [0.05, 0.1) is 8.07 Å². The van der Waals surface area contributed by atoms with Crippen LogP contribution in [0.2, 0.25) is 18.1 Å². The largest absolute Gasteiger partial charge is 0.295 e. The molecule has 0 aliphatic carbocycles. The summed E-state index contributed by atoms with van der Waals surface area (Å²) in [5.74, 6) is 0.419. The SMILES string of the molecule is CCCC/C=C(\C(=O)CCc1ccccc1)[Si](CC)(CC)CC. The standard InChI is InChI=1S/C21H34OSi/c1-5-9-11-16-21(23(6-2,7-3)8-4)20(22)18-17-19-14-12-10-13-15-19/h10,12-16H,5-9,11,17-18H2,1-4H3/b21-16+. The average molecular weight is 331 g/mol. The molecule has 23 heavy (non-hydrogen) atoms. The normalized spacial score (nSPS) is 12.4. The molecule has 128 valence electrons. The van der Waals surface area contributed by atoms with E-state index in [9.17, 15) is 4.79 Å². The summed E-state index contributed by atoms with van der Waals surface area (Å²) < 4.78 is 0. The maximum Gasteiger partial charge on any atom is 0.154 e. The number of allylic oxidation sites excluding steroid dienone is 2. The van der Waals surface area contributed by atoms with Crippen molar-refractivity contribution in [3.05, 3.63) is 47.2 Å². The molecule has 0 bridgehead atoms. The van der Waals surface area contributed by atoms with Crippen LogP contribution in [0, 0.1) is 0 Å². The van der Waals surface area contributed by atoms with Crippen molar-refractivity contribution in [1.29, 1.82) is 0 Å². The zero-order valence-corrected chi connectivity index (χ0v) is 16.5. The van der Waals surface area contributed by atoms with Crippen LogP contribution in [0.5, 0.6) is 0 Å². The molecule has 0 aliphatic rings. The number of hydrogen-bond donors (Lipinski definition) is 0. The topological polar surface area (TPSA) is 17.1 Å². The van der Waals surface area contributed by atoms with Crippen LogP contribution in [0.15, 0.2) is 41.6 Å². The molecule has 1 nitrogen and oxygen atoms in total. The highest BCUT2D eigenvalue weighted by Crippen LogP contribution is 2.31. The second-order valence-corrected chi connectivity index (χ2v) is 11.7. The van der Waals surface area contributed by atoms with E-state index < -0.39 is 8.07 Å². The van der Waals surface area contributed by atoms with Crippen LogP contribution in [-0.2, 0) is 11.2 Å². The van der Waals surface area contributed by atoms with Gasteiger partial charge < -0.3 is 0 Å². The minimum atomic E-state index is -1.59. The van der Waals surface area contributed by atoms with Crippen LogP contribution in [0.25, 0.3) is 0 Å². The van der Waals surface area contributed by atoms with Crippen molar-refractivity contribution in [1.82, 2.24) is 0 Å². The first-order valence-corrected chi connectivity index (χ1v) is 12.0. The third-order valence-electron chi connectivity index (χ3n) is 5.29. The minimum absolute atomic E-state index is 0.419. The minimum Gasteiger partial charge on any atom is -0.295 e. The van der Waals surface area contributed by atoms with Crippen molar-refractivity contribution in [3.8, 4) is 0 Å². The Bertz CT molecular complexity index is 478. The number of Topliss-reactive ketones (excluding diaryl/α,β-unsaturated/α-hetero) is 1. The number of unbranched alkanes of at least 4 members (excludes halogenated alkanes) is 2. The van der Waals surface area contributed by atoms with Gasteiger partial charge in [0.1, 0.15) is 0 Å². The van der Waals surface area contributed by atoms with E-state index in [2.05, 4.69) is 58.0 Å². The van der Waals surface area contributed by atoms with Crippen molar-refractivity contribution in [2.75, 3.05) is 0 Å². The molecule has 0 saturated heterocycles. The van der Waals surface area contributed by atoms with Crippen molar-refractivity contribution < 1.29 is 4.79 Å². The van der Waals surface area contributed by atoms with Gasteiger partial charge in [-0.1, -0.05) is 95.1 Å². The number of rotatable bonds is 11. The number of ketones is 1. The molecule has 0 aliphatic heterocycles. The van der Waals surface area contributed by atoms with E-state index in [-0.39, 0.29) is 0 Å². The third-order valence-corrected chi connectivity index (χ3v) is 11.0. The van der Waals surface area contributed by atoms with Crippen LogP contribution in [0.4, 0.5) is 0 Å². The van der Waals surface area contributed by atoms with Gasteiger partial charge in [0.2, 0.25) is 0 Å². The molecule has 1 rings (SSSR count). The second kappa shape index (κ2) is 10.6. The number of hydrogen-bond acceptors (Lipinski definition) is 1. The monoisotopic (exact) mass is 330 g/mol. The Balaban J connectivity index is 2.89. The lowest BCUT2D eigenvalue weighted by Crippen LogP contribution is -2.38. The second-order valence-electron chi connectivity index (χ2n) is 6.51. The quantitative estimate of drug-likeness (QED) is 0.262. The van der Waals surface area contributed by atoms with Gasteiger partial charge in [-0.05, 0) is 23.6 Å². The summed E-state index contributed by atoms with van der Waals surface area (Å²) in [7, 11) is -1.59. The van der Waals surface area contributed by atoms with Gasteiger partial charge in [0, 0.05) is 6.42 Å². The van der Waals surface area contributed by atoms with E-state index in [1.165, 1.54) is 41.7 Å². The highest BCUT2D eigenvalue weighted by molar-refractivity contribution is 6.90. The summed E-state index contributed by atoms with van der Waals surface area (Å²) in [4.78, 5) is 13.0. The predicted octanol–water partition coefficient (Wildman–Crippen LogP) is 6.35. The number of benzene rings is 1. The Kier molecular flexibility index (Phi) is 9.16. The summed E-state index contributed by atoms with van der Waals surface area (Å²) in [6.45, 7) is 9.08. The van der Waals surface area contributed by atoms with Gasteiger partial charge in [-0.25, -0.2) is 0 Å². The van der Waals surface area contributed by atoms with E-state index >= 15 is 0 Å². The molecule has 0 saturated carbocycles. The molecule has 0 amide bonds. The van der Waals surface area contributed by atoms with E-state index in [1.54, 1.807) is 0 Å². The summed E-state index contributed by atoms with van der Waals surface area (Å²) in [6, 6.07) is 14.0. The fourth-order valence-electron chi connectivity index (χ4n) is 3.44. The Morgan fingerprint density at radius 3 is 2.13 bits per heavy atom. The van der Waals surface area contributed by atoms with Gasteiger partial charge in [0.25, 0.3) is 0 Å². The van der Waals surface area contributed by atoms with E-state index in [4.69, 9.17) is 0 Å². The van der Waals surface area contributed by atoms with Gasteiger partial charge in [-0.2, -0.15) is 0 Å². The zero-order valence-electron chi connectivity index (χ0n) is 15.5. The Morgan fingerprint density at radius 2 is 1.61 bits per heavy atom. The molecule has 0 aromatic heterocycles. The molecule has 0 unspecified atom stereocenters. The summed E-state index contributed by atoms with van der Waals surface area (Å²) >= 11 is 0. The van der Waals surface area contributed by atoms with Gasteiger partial charge in [0.15, 0.2) is 5.78 Å². The molecule has 0 fully saturated rings. The summed E-state index contributed by atoms with van der Waals surface area (Å²) in [5, 5.41) is 1.24. The van der Waals surface area contributed by atoms with Gasteiger partial charge >= 0.3 is 0 Å². The lowest BCUT2D eigenvalue weighted by molar-refractivity contribution is -0.115. The smallest absolute Gasteiger partial charge is 0.154 e. The Morgan fingerprint density at radius 1 is 1.00 bits per heavy atom. The van der Waals surface area contributed by atoms with Crippen LogP contribution < -0.4 is 0 Å². The predicted molar refractivity (Wildman–Crippen MR) is 105 cm³/mol. The fourth-order valence-corrected chi connectivity index (χ4v) is 7.37. The first-order valence-electron chi connectivity index (χ1n) is 9.41. The van der Waals surface area contributed by atoms with Crippen LogP contribution in [0.3, 0.4) is 0 Å². The Hall–Kier alpha value is -1.15. The van der Waals surface area contributed by atoms with Crippen molar-refractivity contribution in [2.45, 2.75) is 77.9 Å². The molecule has 1 aromatic carbocycles. The van der Waals surface area contributed by atoms with E-state index in [1.807, 2.05) is 6.07 Å². The molecular formula is C21H34OSi. The first kappa shape index (κ1) is 19.9. The number of carbonyl (C=O) groups is 1. The van der Waals surface area contributed by atoms with Gasteiger partial charge in [-0.3, -0.25) is 4.79 Å². The number of carbonyl (C=O) groups excluding carboxylic acids is 1. The van der Waals surface area contributed by atoms with Crippen LogP contribution >= 0.6 is 0 Å². The van der Waals surface area contributed by atoms with E-state index in [0.29, 0.717) is 12.2 Å². The molecule has 2 heteroatoms. The lowest BCUT2D eigenvalue weighted by Gasteiger charge is -2.30. The lowest BCUT2D eigenvalue weighted by atomic mass is 10.1. The molecule has 0 N–H and O–H groups in total. The fraction of sp³-hybridized carbons (Fsp3) is 0.571. The molecule has 0 atom stereocenters. The van der Waals surface area contributed by atoms with Crippen molar-refractivity contribution >= 4 is 13.9 Å². The molecule has 1 aromatic rings. The third kappa shape index (κ3) is 5.76. The van der Waals surface area contributed by atoms with Crippen LogP contribution in [-0.4, -0.2) is 13.9 Å². The number of aryl methyl sites for hydroxylation is 1. The van der Waals surface area contributed by atoms with Crippen LogP contribution in [0.1, 0.15) is 58.9 Å². The maximum absolute atomic E-state index is 13.0. The highest BCUT2D eigenvalue weighted by atomic mass is 28.3.